The number of carbonyl (C=O) groups is 1. The quantitative estimate of drug-likeness (QED) is 0.806. The third-order valence-corrected chi connectivity index (χ3v) is 3.46. The molecule has 1 fully saturated rings. The van der Waals surface area contributed by atoms with Crippen LogP contribution < -0.4 is 0 Å². The fourth-order valence-corrected chi connectivity index (χ4v) is 2.44. The molecular weight excluding hydrogens is 224 g/mol. The average Bonchev–Trinajstić information content (AvgIpc) is 2.83. The van der Waals surface area contributed by atoms with Gasteiger partial charge >= 0.3 is 0 Å². The van der Waals surface area contributed by atoms with Crippen molar-refractivity contribution < 1.29 is 9.53 Å². The number of hydrogen-bond acceptors (Lipinski definition) is 4. The summed E-state index contributed by atoms with van der Waals surface area (Å²) >= 11 is 1.45. The first kappa shape index (κ1) is 11.5. The molecule has 2 heterocycles. The number of hydrogen-bond donors (Lipinski definition) is 0. The number of rotatable bonds is 3. The molecule has 0 N–H and O–H groups in total. The zero-order valence-corrected chi connectivity index (χ0v) is 10.2. The Hall–Kier alpha value is -0.940. The van der Waals surface area contributed by atoms with E-state index in [0.29, 0.717) is 11.6 Å². The minimum absolute atomic E-state index is 0.0211. The summed E-state index contributed by atoms with van der Waals surface area (Å²) in [5, 5.41) is 1.79. The molecule has 1 aliphatic heterocycles. The summed E-state index contributed by atoms with van der Waals surface area (Å²) in [6.45, 7) is 2.45. The number of aromatic nitrogens is 1. The first-order valence-corrected chi connectivity index (χ1v) is 6.43. The monoisotopic (exact) mass is 240 g/mol. The molecule has 1 amide bonds. The highest BCUT2D eigenvalue weighted by atomic mass is 32.1. The lowest BCUT2D eigenvalue weighted by Crippen LogP contribution is -2.34. The van der Waals surface area contributed by atoms with Crippen LogP contribution in [0.3, 0.4) is 0 Å². The van der Waals surface area contributed by atoms with Crippen LogP contribution in [0.1, 0.15) is 23.3 Å². The Bertz CT molecular complexity index is 334. The van der Waals surface area contributed by atoms with Crippen molar-refractivity contribution in [3.63, 3.8) is 0 Å². The van der Waals surface area contributed by atoms with Gasteiger partial charge in [-0.2, -0.15) is 0 Å². The van der Waals surface area contributed by atoms with Crippen molar-refractivity contribution in [3.8, 4) is 0 Å². The fourth-order valence-electron chi connectivity index (χ4n) is 1.91. The SMILES string of the molecule is CN(CC1CCOCC1)C(=O)c1cscn1. The van der Waals surface area contributed by atoms with E-state index in [1.807, 2.05) is 7.05 Å². The molecule has 0 spiro atoms. The standard InChI is InChI=1S/C11H16N2O2S/c1-13(6-9-2-4-15-5-3-9)11(14)10-7-16-8-12-10/h7-9H,2-6H2,1H3. The molecule has 2 rings (SSSR count). The molecule has 0 aliphatic carbocycles. The van der Waals surface area contributed by atoms with Crippen LogP contribution in [0.15, 0.2) is 10.9 Å². The highest BCUT2D eigenvalue weighted by Crippen LogP contribution is 2.16. The molecule has 1 aromatic rings. The van der Waals surface area contributed by atoms with E-state index in [-0.39, 0.29) is 5.91 Å². The van der Waals surface area contributed by atoms with Gasteiger partial charge in [-0.1, -0.05) is 0 Å². The molecule has 88 valence electrons. The maximum Gasteiger partial charge on any atom is 0.273 e. The fraction of sp³-hybridized carbons (Fsp3) is 0.636. The number of nitrogens with zero attached hydrogens (tertiary/aromatic N) is 2. The van der Waals surface area contributed by atoms with E-state index < -0.39 is 0 Å². The molecule has 4 nitrogen and oxygen atoms in total. The zero-order valence-electron chi connectivity index (χ0n) is 9.39. The van der Waals surface area contributed by atoms with Crippen LogP contribution in [-0.2, 0) is 4.74 Å². The van der Waals surface area contributed by atoms with Gasteiger partial charge in [0, 0.05) is 32.2 Å². The van der Waals surface area contributed by atoms with Crippen LogP contribution in [-0.4, -0.2) is 42.6 Å². The van der Waals surface area contributed by atoms with Crippen molar-refractivity contribution in [1.82, 2.24) is 9.88 Å². The molecule has 0 radical (unpaired) electrons. The topological polar surface area (TPSA) is 42.4 Å². The third-order valence-electron chi connectivity index (χ3n) is 2.87. The normalized spacial score (nSPS) is 17.3. The van der Waals surface area contributed by atoms with Crippen LogP contribution >= 0.6 is 11.3 Å². The van der Waals surface area contributed by atoms with E-state index in [1.165, 1.54) is 11.3 Å². The van der Waals surface area contributed by atoms with Gasteiger partial charge in [-0.25, -0.2) is 4.98 Å². The number of ether oxygens (including phenoxy) is 1. The number of thiazole rings is 1. The van der Waals surface area contributed by atoms with E-state index in [0.717, 1.165) is 32.6 Å². The highest BCUT2D eigenvalue weighted by molar-refractivity contribution is 7.07. The summed E-state index contributed by atoms with van der Waals surface area (Å²) in [6.07, 6.45) is 2.10. The van der Waals surface area contributed by atoms with Gasteiger partial charge in [0.15, 0.2) is 0 Å². The Morgan fingerprint density at radius 3 is 3.00 bits per heavy atom. The molecular formula is C11H16N2O2S. The Labute approximate surface area is 99.2 Å². The molecule has 0 bridgehead atoms. The van der Waals surface area contributed by atoms with Gasteiger partial charge in [0.2, 0.25) is 0 Å². The van der Waals surface area contributed by atoms with Crippen molar-refractivity contribution in [3.05, 3.63) is 16.6 Å². The predicted octanol–water partition coefficient (Wildman–Crippen LogP) is 1.64. The van der Waals surface area contributed by atoms with Crippen molar-refractivity contribution in [1.29, 1.82) is 0 Å². The Kier molecular flexibility index (Phi) is 3.90. The largest absolute Gasteiger partial charge is 0.381 e. The first-order chi connectivity index (χ1) is 7.77. The average molecular weight is 240 g/mol. The number of carbonyl (C=O) groups excluding carboxylic acids is 1. The van der Waals surface area contributed by atoms with E-state index >= 15 is 0 Å². The Balaban J connectivity index is 1.87. The second kappa shape index (κ2) is 5.41. The molecule has 0 unspecified atom stereocenters. The van der Waals surface area contributed by atoms with E-state index in [4.69, 9.17) is 4.74 Å². The molecule has 16 heavy (non-hydrogen) atoms. The zero-order chi connectivity index (χ0) is 11.4. The summed E-state index contributed by atoms with van der Waals surface area (Å²) in [4.78, 5) is 17.7. The summed E-state index contributed by atoms with van der Waals surface area (Å²) in [7, 11) is 1.84. The molecule has 0 atom stereocenters. The van der Waals surface area contributed by atoms with Crippen LogP contribution in [0.2, 0.25) is 0 Å². The molecule has 0 aromatic carbocycles. The van der Waals surface area contributed by atoms with Crippen molar-refractivity contribution >= 4 is 17.2 Å². The van der Waals surface area contributed by atoms with Gasteiger partial charge in [0.1, 0.15) is 5.69 Å². The lowest BCUT2D eigenvalue weighted by Gasteiger charge is -2.26. The molecule has 0 saturated carbocycles. The maximum atomic E-state index is 11.9. The summed E-state index contributed by atoms with van der Waals surface area (Å²) < 4.78 is 5.30. The second-order valence-electron chi connectivity index (χ2n) is 4.12. The molecule has 5 heteroatoms. The predicted molar refractivity (Wildman–Crippen MR) is 62.6 cm³/mol. The van der Waals surface area contributed by atoms with Gasteiger partial charge in [0.05, 0.1) is 5.51 Å². The summed E-state index contributed by atoms with van der Waals surface area (Å²) in [5.41, 5.74) is 2.25. The summed E-state index contributed by atoms with van der Waals surface area (Å²) in [6, 6.07) is 0. The van der Waals surface area contributed by atoms with Gasteiger partial charge in [0.25, 0.3) is 5.91 Å². The highest BCUT2D eigenvalue weighted by Gasteiger charge is 2.20. The van der Waals surface area contributed by atoms with Gasteiger partial charge in [-0.15, -0.1) is 11.3 Å². The first-order valence-electron chi connectivity index (χ1n) is 5.49. The van der Waals surface area contributed by atoms with Crippen LogP contribution in [0.5, 0.6) is 0 Å². The van der Waals surface area contributed by atoms with E-state index in [1.54, 1.807) is 15.8 Å². The van der Waals surface area contributed by atoms with Gasteiger partial charge < -0.3 is 9.64 Å². The van der Waals surface area contributed by atoms with E-state index in [9.17, 15) is 4.79 Å². The van der Waals surface area contributed by atoms with Crippen LogP contribution in [0, 0.1) is 5.92 Å². The maximum absolute atomic E-state index is 11.9. The van der Waals surface area contributed by atoms with Crippen molar-refractivity contribution in [2.24, 2.45) is 5.92 Å². The smallest absolute Gasteiger partial charge is 0.273 e. The molecule has 1 aromatic heterocycles. The minimum atomic E-state index is 0.0211. The lowest BCUT2D eigenvalue weighted by molar-refractivity contribution is 0.0495. The second-order valence-corrected chi connectivity index (χ2v) is 4.83. The molecule has 1 aliphatic rings. The minimum Gasteiger partial charge on any atom is -0.381 e. The van der Waals surface area contributed by atoms with Gasteiger partial charge in [-0.05, 0) is 18.8 Å². The Morgan fingerprint density at radius 1 is 1.62 bits per heavy atom. The number of amides is 1. The molecule has 1 saturated heterocycles. The lowest BCUT2D eigenvalue weighted by atomic mass is 10.00. The van der Waals surface area contributed by atoms with E-state index in [2.05, 4.69) is 4.98 Å². The summed E-state index contributed by atoms with van der Waals surface area (Å²) in [5.74, 6) is 0.592. The Morgan fingerprint density at radius 2 is 2.38 bits per heavy atom. The van der Waals surface area contributed by atoms with Crippen LogP contribution in [0.25, 0.3) is 0 Å². The van der Waals surface area contributed by atoms with Crippen molar-refractivity contribution in [2.75, 3.05) is 26.8 Å². The van der Waals surface area contributed by atoms with Crippen molar-refractivity contribution in [2.45, 2.75) is 12.8 Å². The third kappa shape index (κ3) is 2.80. The van der Waals surface area contributed by atoms with Gasteiger partial charge in [-0.3, -0.25) is 4.79 Å². The van der Waals surface area contributed by atoms with Crippen LogP contribution in [0.4, 0.5) is 0 Å².